The van der Waals surface area contributed by atoms with Crippen LogP contribution in [0.2, 0.25) is 0 Å². The maximum absolute atomic E-state index is 10.9. The molecule has 0 saturated heterocycles. The van der Waals surface area contributed by atoms with Crippen LogP contribution in [-0.4, -0.2) is 5.11 Å². The van der Waals surface area contributed by atoms with Crippen LogP contribution in [0.25, 0.3) is 0 Å². The second kappa shape index (κ2) is 3.58. The van der Waals surface area contributed by atoms with E-state index in [0.717, 1.165) is 18.4 Å². The average Bonchev–Trinajstić information content (AvgIpc) is 2.46. The second-order valence-corrected chi connectivity index (χ2v) is 7.68. The van der Waals surface area contributed by atoms with E-state index < -0.39 is 5.60 Å². The first-order chi connectivity index (χ1) is 7.23. The van der Waals surface area contributed by atoms with Gasteiger partial charge in [-0.25, -0.2) is 0 Å². The highest BCUT2D eigenvalue weighted by molar-refractivity contribution is 7.08. The van der Waals surface area contributed by atoms with Crippen LogP contribution in [-0.2, 0) is 5.60 Å². The summed E-state index contributed by atoms with van der Waals surface area (Å²) in [6.45, 7) is 9.08. The monoisotopic (exact) mass is 238 g/mol. The molecule has 0 amide bonds. The fraction of sp³-hybridized carbons (Fsp3) is 0.714. The molecular formula is C14H22OS. The van der Waals surface area contributed by atoms with Crippen molar-refractivity contribution in [3.63, 3.8) is 0 Å². The van der Waals surface area contributed by atoms with E-state index in [1.54, 1.807) is 11.3 Å². The van der Waals surface area contributed by atoms with Crippen LogP contribution in [0.5, 0.6) is 0 Å². The molecule has 0 aromatic carbocycles. The lowest BCUT2D eigenvalue weighted by atomic mass is 9.58. The van der Waals surface area contributed by atoms with Gasteiger partial charge in [0.25, 0.3) is 0 Å². The maximum atomic E-state index is 10.9. The SMILES string of the molecule is CC1(C)CC(C)(C)CC(O)(c2ccsc2)C1. The Labute approximate surface area is 103 Å². The predicted molar refractivity (Wildman–Crippen MR) is 69.6 cm³/mol. The Hall–Kier alpha value is -0.340. The van der Waals surface area contributed by atoms with Crippen LogP contribution in [0.3, 0.4) is 0 Å². The average molecular weight is 238 g/mol. The topological polar surface area (TPSA) is 20.2 Å². The van der Waals surface area contributed by atoms with Crippen LogP contribution in [0, 0.1) is 10.8 Å². The summed E-state index contributed by atoms with van der Waals surface area (Å²) >= 11 is 1.67. The van der Waals surface area contributed by atoms with Gasteiger partial charge in [-0.3, -0.25) is 0 Å². The van der Waals surface area contributed by atoms with Crippen LogP contribution < -0.4 is 0 Å². The summed E-state index contributed by atoms with van der Waals surface area (Å²) < 4.78 is 0. The summed E-state index contributed by atoms with van der Waals surface area (Å²) in [5.74, 6) is 0. The van der Waals surface area contributed by atoms with Crippen molar-refractivity contribution in [3.8, 4) is 0 Å². The Morgan fingerprint density at radius 3 is 2.06 bits per heavy atom. The molecule has 2 rings (SSSR count). The molecule has 1 aromatic heterocycles. The molecule has 0 aliphatic heterocycles. The standard InChI is InChI=1S/C14H22OS/c1-12(2)8-13(3,4)10-14(15,9-12)11-5-6-16-7-11/h5-7,15H,8-10H2,1-4H3. The van der Waals surface area contributed by atoms with Crippen molar-refractivity contribution in [1.82, 2.24) is 0 Å². The number of rotatable bonds is 1. The third kappa shape index (κ3) is 2.33. The number of hydrogen-bond acceptors (Lipinski definition) is 2. The van der Waals surface area contributed by atoms with Crippen LogP contribution in [0.1, 0.15) is 52.5 Å². The van der Waals surface area contributed by atoms with Gasteiger partial charge in [0.05, 0.1) is 5.60 Å². The van der Waals surface area contributed by atoms with Crippen molar-refractivity contribution >= 4 is 11.3 Å². The Balaban J connectivity index is 2.35. The summed E-state index contributed by atoms with van der Waals surface area (Å²) in [5.41, 5.74) is 0.931. The smallest absolute Gasteiger partial charge is 0.0914 e. The van der Waals surface area contributed by atoms with E-state index in [4.69, 9.17) is 0 Å². The molecule has 1 N–H and O–H groups in total. The minimum atomic E-state index is -0.620. The van der Waals surface area contributed by atoms with Gasteiger partial charge < -0.3 is 5.11 Å². The fourth-order valence-corrected chi connectivity index (χ4v) is 4.55. The lowest BCUT2D eigenvalue weighted by Crippen LogP contribution is -2.43. The quantitative estimate of drug-likeness (QED) is 0.778. The molecule has 0 spiro atoms. The molecular weight excluding hydrogens is 216 g/mol. The van der Waals surface area contributed by atoms with E-state index in [2.05, 4.69) is 44.5 Å². The molecule has 0 radical (unpaired) electrons. The molecule has 0 atom stereocenters. The summed E-state index contributed by atoms with van der Waals surface area (Å²) in [6, 6.07) is 2.07. The predicted octanol–water partition coefficient (Wildman–Crippen LogP) is 4.17. The minimum Gasteiger partial charge on any atom is -0.385 e. The van der Waals surface area contributed by atoms with Crippen LogP contribution >= 0.6 is 11.3 Å². The van der Waals surface area contributed by atoms with Gasteiger partial charge in [0, 0.05) is 0 Å². The van der Waals surface area contributed by atoms with Gasteiger partial charge in [0.1, 0.15) is 0 Å². The molecule has 1 saturated carbocycles. The Kier molecular flexibility index (Phi) is 2.71. The zero-order valence-electron chi connectivity index (χ0n) is 10.7. The molecule has 90 valence electrons. The molecule has 1 aliphatic rings. The molecule has 0 unspecified atom stereocenters. The summed E-state index contributed by atoms with van der Waals surface area (Å²) in [5, 5.41) is 15.1. The van der Waals surface area contributed by atoms with E-state index in [-0.39, 0.29) is 10.8 Å². The van der Waals surface area contributed by atoms with Crippen molar-refractivity contribution in [1.29, 1.82) is 0 Å². The molecule has 1 aromatic rings. The van der Waals surface area contributed by atoms with Gasteiger partial charge in [0.15, 0.2) is 0 Å². The molecule has 2 heteroatoms. The summed E-state index contributed by atoms with van der Waals surface area (Å²) in [7, 11) is 0. The third-order valence-corrected chi connectivity index (χ3v) is 4.24. The van der Waals surface area contributed by atoms with E-state index in [1.165, 1.54) is 6.42 Å². The van der Waals surface area contributed by atoms with Crippen LogP contribution in [0.4, 0.5) is 0 Å². The number of thiophene rings is 1. The highest BCUT2D eigenvalue weighted by atomic mass is 32.1. The van der Waals surface area contributed by atoms with Crippen molar-refractivity contribution in [2.24, 2.45) is 10.8 Å². The van der Waals surface area contributed by atoms with Crippen molar-refractivity contribution in [2.75, 3.05) is 0 Å². The van der Waals surface area contributed by atoms with Crippen molar-refractivity contribution < 1.29 is 5.11 Å². The molecule has 0 bridgehead atoms. The van der Waals surface area contributed by atoms with E-state index in [9.17, 15) is 5.11 Å². The summed E-state index contributed by atoms with van der Waals surface area (Å²) in [4.78, 5) is 0. The van der Waals surface area contributed by atoms with Gasteiger partial charge in [-0.05, 0) is 52.5 Å². The zero-order chi connectivity index (χ0) is 12.0. The van der Waals surface area contributed by atoms with E-state index in [0.29, 0.717) is 0 Å². The minimum absolute atomic E-state index is 0.221. The lowest BCUT2D eigenvalue weighted by Gasteiger charge is -2.49. The Morgan fingerprint density at radius 1 is 1.06 bits per heavy atom. The zero-order valence-corrected chi connectivity index (χ0v) is 11.5. The molecule has 1 heterocycles. The first kappa shape index (κ1) is 12.1. The van der Waals surface area contributed by atoms with Gasteiger partial charge in [0.2, 0.25) is 0 Å². The first-order valence-corrected chi connectivity index (χ1v) is 6.92. The van der Waals surface area contributed by atoms with E-state index in [1.807, 2.05) is 0 Å². The highest BCUT2D eigenvalue weighted by Gasteiger charge is 2.47. The normalized spacial score (nSPS) is 26.6. The highest BCUT2D eigenvalue weighted by Crippen LogP contribution is 2.53. The first-order valence-electron chi connectivity index (χ1n) is 5.98. The molecule has 1 fully saturated rings. The van der Waals surface area contributed by atoms with Crippen molar-refractivity contribution in [2.45, 2.75) is 52.6 Å². The third-order valence-electron chi connectivity index (χ3n) is 3.56. The molecule has 1 aliphatic carbocycles. The van der Waals surface area contributed by atoms with Gasteiger partial charge >= 0.3 is 0 Å². The summed E-state index contributed by atoms with van der Waals surface area (Å²) in [6.07, 6.45) is 2.94. The van der Waals surface area contributed by atoms with Gasteiger partial charge in [-0.15, -0.1) is 0 Å². The lowest BCUT2D eigenvalue weighted by molar-refractivity contribution is -0.0910. The number of hydrogen-bond donors (Lipinski definition) is 1. The second-order valence-electron chi connectivity index (χ2n) is 6.90. The largest absolute Gasteiger partial charge is 0.385 e. The van der Waals surface area contributed by atoms with Gasteiger partial charge in [-0.2, -0.15) is 11.3 Å². The van der Waals surface area contributed by atoms with Crippen molar-refractivity contribution in [3.05, 3.63) is 22.4 Å². The Bertz CT molecular complexity index is 346. The Morgan fingerprint density at radius 2 is 1.62 bits per heavy atom. The van der Waals surface area contributed by atoms with Crippen LogP contribution in [0.15, 0.2) is 16.8 Å². The number of aliphatic hydroxyl groups is 1. The molecule has 16 heavy (non-hydrogen) atoms. The fourth-order valence-electron chi connectivity index (χ4n) is 3.80. The molecule has 1 nitrogen and oxygen atoms in total. The van der Waals surface area contributed by atoms with E-state index >= 15 is 0 Å². The maximum Gasteiger partial charge on any atom is 0.0914 e. The van der Waals surface area contributed by atoms with Gasteiger partial charge in [-0.1, -0.05) is 27.7 Å².